The molecule has 0 aliphatic carbocycles. The minimum atomic E-state index is 0.296. The summed E-state index contributed by atoms with van der Waals surface area (Å²) in [5, 5.41) is 0. The SMILES string of the molecule is COc1ncccc1C(C)c1ccccc1. The zero-order valence-electron chi connectivity index (χ0n) is 9.55. The van der Waals surface area contributed by atoms with Gasteiger partial charge in [0.05, 0.1) is 7.11 Å². The summed E-state index contributed by atoms with van der Waals surface area (Å²) in [6.45, 7) is 2.16. The fourth-order valence-electron chi connectivity index (χ4n) is 1.82. The fraction of sp³-hybridized carbons (Fsp3) is 0.214. The average molecular weight is 213 g/mol. The number of aromatic nitrogens is 1. The van der Waals surface area contributed by atoms with Crippen molar-refractivity contribution in [1.29, 1.82) is 0 Å². The van der Waals surface area contributed by atoms with Gasteiger partial charge in [0.1, 0.15) is 0 Å². The fourth-order valence-corrected chi connectivity index (χ4v) is 1.82. The molecule has 1 aromatic carbocycles. The van der Waals surface area contributed by atoms with E-state index >= 15 is 0 Å². The molecule has 2 aromatic rings. The largest absolute Gasteiger partial charge is 0.481 e. The van der Waals surface area contributed by atoms with Crippen LogP contribution in [0.5, 0.6) is 5.88 Å². The van der Waals surface area contributed by atoms with Crippen molar-refractivity contribution in [2.45, 2.75) is 12.8 Å². The van der Waals surface area contributed by atoms with E-state index < -0.39 is 0 Å². The van der Waals surface area contributed by atoms with Crippen molar-refractivity contribution in [1.82, 2.24) is 4.98 Å². The number of methoxy groups -OCH3 is 1. The molecular formula is C14H15NO. The topological polar surface area (TPSA) is 22.1 Å². The molecule has 0 bridgehead atoms. The quantitative estimate of drug-likeness (QED) is 0.780. The van der Waals surface area contributed by atoms with Crippen molar-refractivity contribution < 1.29 is 4.74 Å². The molecule has 0 N–H and O–H groups in total. The molecule has 1 heterocycles. The Labute approximate surface area is 95.9 Å². The van der Waals surface area contributed by atoms with Crippen molar-refractivity contribution in [2.24, 2.45) is 0 Å². The lowest BCUT2D eigenvalue weighted by molar-refractivity contribution is 0.391. The summed E-state index contributed by atoms with van der Waals surface area (Å²) in [7, 11) is 1.66. The summed E-state index contributed by atoms with van der Waals surface area (Å²) in [6, 6.07) is 14.4. The number of pyridine rings is 1. The summed E-state index contributed by atoms with van der Waals surface area (Å²) in [5.41, 5.74) is 2.39. The van der Waals surface area contributed by atoms with E-state index in [9.17, 15) is 0 Å². The molecule has 0 spiro atoms. The summed E-state index contributed by atoms with van der Waals surface area (Å²) in [4.78, 5) is 4.22. The second-order valence-corrected chi connectivity index (χ2v) is 3.73. The first-order valence-corrected chi connectivity index (χ1v) is 5.36. The van der Waals surface area contributed by atoms with E-state index in [4.69, 9.17) is 4.74 Å². The smallest absolute Gasteiger partial charge is 0.216 e. The highest BCUT2D eigenvalue weighted by Gasteiger charge is 2.13. The van der Waals surface area contributed by atoms with Crippen molar-refractivity contribution >= 4 is 0 Å². The molecule has 0 radical (unpaired) electrons. The maximum atomic E-state index is 5.28. The second kappa shape index (κ2) is 4.79. The van der Waals surface area contributed by atoms with Gasteiger partial charge in [-0.05, 0) is 11.6 Å². The molecule has 2 heteroatoms. The van der Waals surface area contributed by atoms with Crippen LogP contribution < -0.4 is 4.74 Å². The van der Waals surface area contributed by atoms with Gasteiger partial charge in [-0.3, -0.25) is 0 Å². The van der Waals surface area contributed by atoms with Gasteiger partial charge >= 0.3 is 0 Å². The molecule has 0 fully saturated rings. The van der Waals surface area contributed by atoms with Gasteiger partial charge in [-0.15, -0.1) is 0 Å². The molecular weight excluding hydrogens is 198 g/mol. The molecule has 2 rings (SSSR count). The van der Waals surface area contributed by atoms with Gasteiger partial charge in [0.25, 0.3) is 0 Å². The third-order valence-electron chi connectivity index (χ3n) is 2.76. The van der Waals surface area contributed by atoms with Crippen molar-refractivity contribution in [3.05, 3.63) is 59.8 Å². The van der Waals surface area contributed by atoms with Gasteiger partial charge in [0, 0.05) is 17.7 Å². The minimum absolute atomic E-state index is 0.296. The maximum absolute atomic E-state index is 5.28. The van der Waals surface area contributed by atoms with E-state index in [2.05, 4.69) is 42.2 Å². The highest BCUT2D eigenvalue weighted by Crippen LogP contribution is 2.29. The van der Waals surface area contributed by atoms with Crippen LogP contribution in [0.15, 0.2) is 48.7 Å². The lowest BCUT2D eigenvalue weighted by atomic mass is 9.94. The van der Waals surface area contributed by atoms with Crippen molar-refractivity contribution in [2.75, 3.05) is 7.11 Å². The minimum Gasteiger partial charge on any atom is -0.481 e. The molecule has 0 amide bonds. The Bertz CT molecular complexity index is 453. The standard InChI is InChI=1S/C14H15NO/c1-11(12-7-4-3-5-8-12)13-9-6-10-15-14(13)16-2/h3-11H,1-2H3. The van der Waals surface area contributed by atoms with Gasteiger partial charge in [0.2, 0.25) is 5.88 Å². The molecule has 0 saturated carbocycles. The summed E-state index contributed by atoms with van der Waals surface area (Å²) < 4.78 is 5.28. The summed E-state index contributed by atoms with van der Waals surface area (Å²) in [5.74, 6) is 1.00. The monoisotopic (exact) mass is 213 g/mol. The van der Waals surface area contributed by atoms with Crippen LogP contribution >= 0.6 is 0 Å². The highest BCUT2D eigenvalue weighted by atomic mass is 16.5. The van der Waals surface area contributed by atoms with Crippen LogP contribution in [0.2, 0.25) is 0 Å². The van der Waals surface area contributed by atoms with E-state index in [1.165, 1.54) is 5.56 Å². The number of hydrogen-bond donors (Lipinski definition) is 0. The highest BCUT2D eigenvalue weighted by molar-refractivity contribution is 5.36. The molecule has 0 aliphatic rings. The third-order valence-corrected chi connectivity index (χ3v) is 2.76. The van der Waals surface area contributed by atoms with Crippen LogP contribution in [0.3, 0.4) is 0 Å². The predicted octanol–water partition coefficient (Wildman–Crippen LogP) is 3.24. The van der Waals surface area contributed by atoms with Crippen LogP contribution in [-0.4, -0.2) is 12.1 Å². The van der Waals surface area contributed by atoms with Crippen LogP contribution in [0, 0.1) is 0 Å². The van der Waals surface area contributed by atoms with Crippen LogP contribution in [-0.2, 0) is 0 Å². The number of benzene rings is 1. The Morgan fingerprint density at radius 3 is 2.50 bits per heavy atom. The second-order valence-electron chi connectivity index (χ2n) is 3.73. The van der Waals surface area contributed by atoms with Crippen LogP contribution in [0.25, 0.3) is 0 Å². The Balaban J connectivity index is 2.37. The third kappa shape index (κ3) is 2.06. The molecule has 0 saturated heterocycles. The Kier molecular flexibility index (Phi) is 3.20. The maximum Gasteiger partial charge on any atom is 0.216 e. The van der Waals surface area contributed by atoms with Gasteiger partial charge in [-0.25, -0.2) is 4.98 Å². The van der Waals surface area contributed by atoms with Gasteiger partial charge in [0.15, 0.2) is 0 Å². The lowest BCUT2D eigenvalue weighted by Crippen LogP contribution is -2.00. The first kappa shape index (κ1) is 10.7. The zero-order valence-corrected chi connectivity index (χ0v) is 9.55. The Morgan fingerprint density at radius 2 is 1.81 bits per heavy atom. The molecule has 1 aromatic heterocycles. The molecule has 1 unspecified atom stereocenters. The summed E-state index contributed by atoms with van der Waals surface area (Å²) >= 11 is 0. The Morgan fingerprint density at radius 1 is 1.06 bits per heavy atom. The number of hydrogen-bond acceptors (Lipinski definition) is 2. The van der Waals surface area contributed by atoms with Crippen molar-refractivity contribution in [3.8, 4) is 5.88 Å². The number of ether oxygens (including phenoxy) is 1. The van der Waals surface area contributed by atoms with E-state index in [1.807, 2.05) is 12.1 Å². The lowest BCUT2D eigenvalue weighted by Gasteiger charge is -2.14. The first-order valence-electron chi connectivity index (χ1n) is 5.36. The summed E-state index contributed by atoms with van der Waals surface area (Å²) in [6.07, 6.45) is 1.75. The molecule has 0 aliphatic heterocycles. The normalized spacial score (nSPS) is 12.1. The zero-order chi connectivity index (χ0) is 11.4. The molecule has 2 nitrogen and oxygen atoms in total. The van der Waals surface area contributed by atoms with Gasteiger partial charge < -0.3 is 4.74 Å². The van der Waals surface area contributed by atoms with Crippen LogP contribution in [0.4, 0.5) is 0 Å². The average Bonchev–Trinajstić information content (AvgIpc) is 2.39. The number of nitrogens with zero attached hydrogens (tertiary/aromatic N) is 1. The molecule has 16 heavy (non-hydrogen) atoms. The predicted molar refractivity (Wildman–Crippen MR) is 64.7 cm³/mol. The van der Waals surface area contributed by atoms with E-state index in [0.29, 0.717) is 11.8 Å². The van der Waals surface area contributed by atoms with E-state index in [1.54, 1.807) is 13.3 Å². The van der Waals surface area contributed by atoms with E-state index in [0.717, 1.165) is 5.56 Å². The Hall–Kier alpha value is -1.83. The number of rotatable bonds is 3. The van der Waals surface area contributed by atoms with E-state index in [-0.39, 0.29) is 0 Å². The molecule has 1 atom stereocenters. The van der Waals surface area contributed by atoms with Gasteiger partial charge in [-0.2, -0.15) is 0 Å². The van der Waals surface area contributed by atoms with Crippen molar-refractivity contribution in [3.63, 3.8) is 0 Å². The molecule has 82 valence electrons. The van der Waals surface area contributed by atoms with Gasteiger partial charge in [-0.1, -0.05) is 43.3 Å². The van der Waals surface area contributed by atoms with Crippen LogP contribution in [0.1, 0.15) is 24.0 Å². The first-order chi connectivity index (χ1) is 7.83.